The first-order valence-electron chi connectivity index (χ1n) is 15.9. The summed E-state index contributed by atoms with van der Waals surface area (Å²) >= 11 is 0. The lowest BCUT2D eigenvalue weighted by molar-refractivity contribution is -0.151. The van der Waals surface area contributed by atoms with Crippen LogP contribution >= 0.6 is 0 Å². The number of nitrogens with one attached hydrogen (secondary N) is 1. The summed E-state index contributed by atoms with van der Waals surface area (Å²) in [6.07, 6.45) is 0.229. The number of amides is 1. The number of likely N-dealkylation sites (tertiary alicyclic amines) is 1. The number of esters is 1. The molecule has 0 spiro atoms. The van der Waals surface area contributed by atoms with Crippen molar-refractivity contribution in [1.29, 1.82) is 0 Å². The molecule has 0 aromatic heterocycles. The molecular weight excluding hydrogens is 552 g/mol. The highest BCUT2D eigenvalue weighted by atomic mass is 16.6. The molecule has 3 aromatic carbocycles. The number of hydrogen-bond donors (Lipinski definition) is 1. The molecule has 1 N–H and O–H groups in total. The first kappa shape index (κ1) is 31.6. The fourth-order valence-electron chi connectivity index (χ4n) is 6.20. The number of piperidine rings is 1. The van der Waals surface area contributed by atoms with E-state index in [0.29, 0.717) is 61.9 Å². The molecule has 1 saturated heterocycles. The third kappa shape index (κ3) is 8.63. The maximum atomic E-state index is 12.7. The number of carbonyl (C=O) groups is 2. The summed E-state index contributed by atoms with van der Waals surface area (Å²) in [4.78, 5) is 27.7. The van der Waals surface area contributed by atoms with E-state index < -0.39 is 6.10 Å². The van der Waals surface area contributed by atoms with Crippen LogP contribution in [0.4, 0.5) is 0 Å². The lowest BCUT2D eigenvalue weighted by Gasteiger charge is -2.21. The third-order valence-electron chi connectivity index (χ3n) is 8.70. The minimum atomic E-state index is -0.754. The number of hydrogen-bond acceptors (Lipinski definition) is 6. The molecule has 1 amide bonds. The van der Waals surface area contributed by atoms with Crippen LogP contribution in [-0.4, -0.2) is 55.7 Å². The molecule has 7 heteroatoms. The topological polar surface area (TPSA) is 77.1 Å². The molecular formula is C37H46N2O5. The molecule has 234 valence electrons. The van der Waals surface area contributed by atoms with Gasteiger partial charge in [0, 0.05) is 32.5 Å². The predicted octanol–water partition coefficient (Wildman–Crippen LogP) is 5.80. The summed E-state index contributed by atoms with van der Waals surface area (Å²) < 4.78 is 17.2. The van der Waals surface area contributed by atoms with Crippen LogP contribution in [0.25, 0.3) is 0 Å². The van der Waals surface area contributed by atoms with Gasteiger partial charge >= 0.3 is 5.97 Å². The molecule has 1 saturated carbocycles. The molecule has 1 heterocycles. The molecule has 0 bridgehead atoms. The van der Waals surface area contributed by atoms with Gasteiger partial charge in [-0.2, -0.15) is 0 Å². The zero-order valence-electron chi connectivity index (χ0n) is 26.5. The van der Waals surface area contributed by atoms with Crippen molar-refractivity contribution in [3.05, 3.63) is 95.6 Å². The van der Waals surface area contributed by atoms with Crippen molar-refractivity contribution in [3.8, 4) is 11.5 Å². The zero-order chi connectivity index (χ0) is 31.1. The van der Waals surface area contributed by atoms with Crippen LogP contribution < -0.4 is 14.8 Å². The van der Waals surface area contributed by atoms with E-state index in [0.717, 1.165) is 25.2 Å². The Kier molecular flexibility index (Phi) is 10.3. The molecule has 0 radical (unpaired) electrons. The van der Waals surface area contributed by atoms with Crippen molar-refractivity contribution < 1.29 is 23.8 Å². The smallest absolute Gasteiger partial charge is 0.347 e. The lowest BCUT2D eigenvalue weighted by atomic mass is 9.87. The molecule has 2 fully saturated rings. The van der Waals surface area contributed by atoms with Gasteiger partial charge in [-0.1, -0.05) is 75.4 Å². The van der Waals surface area contributed by atoms with E-state index in [1.54, 1.807) is 6.92 Å². The fourth-order valence-corrected chi connectivity index (χ4v) is 6.20. The Balaban J connectivity index is 1.01. The first-order valence-corrected chi connectivity index (χ1v) is 15.9. The zero-order valence-corrected chi connectivity index (χ0v) is 26.5. The van der Waals surface area contributed by atoms with Gasteiger partial charge in [0.15, 0.2) is 6.10 Å². The van der Waals surface area contributed by atoms with Crippen LogP contribution in [0.3, 0.4) is 0 Å². The molecule has 7 nitrogen and oxygen atoms in total. The second-order valence-electron chi connectivity index (χ2n) is 13.1. The Bertz CT molecular complexity index is 1360. The summed E-state index contributed by atoms with van der Waals surface area (Å²) in [5, 5.41) is 3.02. The summed E-state index contributed by atoms with van der Waals surface area (Å²) in [5.41, 5.74) is 3.53. The van der Waals surface area contributed by atoms with E-state index in [-0.39, 0.29) is 17.3 Å². The molecule has 1 aliphatic heterocycles. The fraction of sp³-hybridized carbons (Fsp3) is 0.459. The van der Waals surface area contributed by atoms with Gasteiger partial charge in [0.25, 0.3) is 0 Å². The Morgan fingerprint density at radius 3 is 2.18 bits per heavy atom. The second kappa shape index (κ2) is 14.3. The highest BCUT2D eigenvalue weighted by Gasteiger charge is 2.55. The number of benzene rings is 3. The number of nitrogens with zero attached hydrogens (tertiary/aromatic N) is 1. The largest absolute Gasteiger partial charge is 0.492 e. The van der Waals surface area contributed by atoms with Gasteiger partial charge < -0.3 is 19.5 Å². The first-order chi connectivity index (χ1) is 21.2. The van der Waals surface area contributed by atoms with Crippen molar-refractivity contribution in [2.75, 3.05) is 32.8 Å². The van der Waals surface area contributed by atoms with Crippen molar-refractivity contribution >= 4 is 11.9 Å². The molecule has 1 aliphatic carbocycles. The van der Waals surface area contributed by atoms with Crippen molar-refractivity contribution in [1.82, 2.24) is 10.2 Å². The average molecular weight is 599 g/mol. The lowest BCUT2D eigenvalue weighted by Crippen LogP contribution is -2.31. The molecule has 5 rings (SSSR count). The number of fused-ring (bicyclic) bond motifs is 1. The Morgan fingerprint density at radius 1 is 0.886 bits per heavy atom. The van der Waals surface area contributed by atoms with E-state index in [2.05, 4.69) is 61.3 Å². The molecule has 3 aromatic rings. The van der Waals surface area contributed by atoms with E-state index in [4.69, 9.17) is 14.2 Å². The van der Waals surface area contributed by atoms with Crippen LogP contribution in [0, 0.1) is 17.8 Å². The summed E-state index contributed by atoms with van der Waals surface area (Å²) in [6, 6.07) is 26.1. The van der Waals surface area contributed by atoms with Crippen LogP contribution in [0.5, 0.6) is 11.5 Å². The highest BCUT2D eigenvalue weighted by Crippen LogP contribution is 2.53. The minimum absolute atomic E-state index is 0.0380. The number of carbonyl (C=O) groups excluding carboxylic acids is 2. The monoisotopic (exact) mass is 598 g/mol. The number of rotatable bonds is 14. The second-order valence-corrected chi connectivity index (χ2v) is 13.1. The minimum Gasteiger partial charge on any atom is -0.492 e. The Labute approximate surface area is 261 Å². The van der Waals surface area contributed by atoms with Crippen LogP contribution in [0.15, 0.2) is 78.9 Å². The molecule has 4 atom stereocenters. The van der Waals surface area contributed by atoms with Crippen LogP contribution in [0.2, 0.25) is 0 Å². The van der Waals surface area contributed by atoms with E-state index in [1.807, 2.05) is 48.5 Å². The quantitative estimate of drug-likeness (QED) is 0.187. The summed E-state index contributed by atoms with van der Waals surface area (Å²) in [5.74, 6) is 2.89. The van der Waals surface area contributed by atoms with Gasteiger partial charge in [0.2, 0.25) is 5.91 Å². The third-order valence-corrected chi connectivity index (χ3v) is 8.70. The van der Waals surface area contributed by atoms with Gasteiger partial charge in [-0.3, -0.25) is 9.69 Å². The predicted molar refractivity (Wildman–Crippen MR) is 172 cm³/mol. The van der Waals surface area contributed by atoms with Crippen molar-refractivity contribution in [2.24, 2.45) is 17.8 Å². The highest BCUT2D eigenvalue weighted by molar-refractivity contribution is 5.76. The normalized spacial score (nSPS) is 20.0. The summed E-state index contributed by atoms with van der Waals surface area (Å²) in [7, 11) is 0. The average Bonchev–Trinajstić information content (AvgIpc) is 3.43. The van der Waals surface area contributed by atoms with E-state index in [1.165, 1.54) is 11.1 Å². The van der Waals surface area contributed by atoms with Crippen molar-refractivity contribution in [3.63, 3.8) is 0 Å². The maximum absolute atomic E-state index is 12.7. The molecule has 1 unspecified atom stereocenters. The van der Waals surface area contributed by atoms with Gasteiger partial charge in [-0.25, -0.2) is 4.79 Å². The standard InChI is InChI=1S/C37H46N2O5/c1-5-42-36(41)34(44-30-17-13-28(14-18-30)37(2,3)4)21-26-11-15-29(16-12-26)43-20-19-38-35(40)22-31-32-24-39(25-33(31)32)23-27-9-7-6-8-10-27/h6-18,31-34H,5,19-25H2,1-4H3,(H,38,40)/t31-,32-,33?,34+/m1/s1. The molecule has 2 aliphatic rings. The Hall–Kier alpha value is -3.84. The van der Waals surface area contributed by atoms with Crippen LogP contribution in [0.1, 0.15) is 50.8 Å². The maximum Gasteiger partial charge on any atom is 0.347 e. The molecule has 44 heavy (non-hydrogen) atoms. The van der Waals surface area contributed by atoms with Gasteiger partial charge in [-0.05, 0) is 71.0 Å². The van der Waals surface area contributed by atoms with E-state index in [9.17, 15) is 9.59 Å². The van der Waals surface area contributed by atoms with Crippen LogP contribution in [-0.2, 0) is 32.7 Å². The SMILES string of the molecule is CCOC(=O)[C@H](Cc1ccc(OCCNC(=O)C[C@H]2C3CN(Cc4ccccc4)C[C@@H]32)cc1)Oc1ccc(C(C)(C)C)cc1. The van der Waals surface area contributed by atoms with Gasteiger partial charge in [0.05, 0.1) is 13.2 Å². The summed E-state index contributed by atoms with van der Waals surface area (Å²) in [6.45, 7) is 12.6. The number of ether oxygens (including phenoxy) is 3. The van der Waals surface area contributed by atoms with Gasteiger partial charge in [0.1, 0.15) is 18.1 Å². The van der Waals surface area contributed by atoms with E-state index >= 15 is 0 Å². The van der Waals surface area contributed by atoms with Crippen molar-refractivity contribution in [2.45, 2.75) is 58.6 Å². The van der Waals surface area contributed by atoms with Gasteiger partial charge in [-0.15, -0.1) is 0 Å². The Morgan fingerprint density at radius 2 is 1.55 bits per heavy atom.